The summed E-state index contributed by atoms with van der Waals surface area (Å²) in [6.45, 7) is 0. The minimum absolute atomic E-state index is 0.189. The van der Waals surface area contributed by atoms with Gasteiger partial charge in [0.25, 0.3) is 10.1 Å². The first kappa shape index (κ1) is 21.8. The maximum atomic E-state index is 12.4. The Morgan fingerprint density at radius 1 is 0.600 bits per heavy atom. The molecule has 0 saturated carbocycles. The average Bonchev–Trinajstić information content (AvgIpc) is 2.69. The lowest BCUT2D eigenvalue weighted by Crippen LogP contribution is -2.13. The highest BCUT2D eigenvalue weighted by Gasteiger charge is 2.25. The molecule has 1 N–H and O–H groups in total. The normalized spacial score (nSPS) is 12.3. The fourth-order valence-electron chi connectivity index (χ4n) is 2.33. The van der Waals surface area contributed by atoms with Gasteiger partial charge in [0.15, 0.2) is 5.75 Å². The van der Waals surface area contributed by atoms with Crippen LogP contribution >= 0.6 is 0 Å². The molecule has 0 saturated heterocycles. The summed E-state index contributed by atoms with van der Waals surface area (Å²) in [4.78, 5) is -1.42. The van der Waals surface area contributed by atoms with Gasteiger partial charge in [-0.25, -0.2) is 0 Å². The highest BCUT2D eigenvalue weighted by molar-refractivity contribution is 7.87. The van der Waals surface area contributed by atoms with Crippen LogP contribution in [0.15, 0.2) is 93.5 Å². The second-order valence-corrected chi connectivity index (χ2v) is 10.3. The second kappa shape index (κ2) is 8.07. The molecule has 0 heterocycles. The highest BCUT2D eigenvalue weighted by atomic mass is 32.2. The molecular formula is C18H14O9S3. The SMILES string of the molecule is O=S(=O)(O)c1cc(OS(=O)(=O)c2ccccc2)ccc1OS(=O)(=O)c1ccccc1. The Morgan fingerprint density at radius 3 is 1.53 bits per heavy atom. The first-order valence-electron chi connectivity index (χ1n) is 8.10. The Labute approximate surface area is 173 Å². The molecular weight excluding hydrogens is 456 g/mol. The first-order valence-corrected chi connectivity index (χ1v) is 12.4. The molecule has 0 atom stereocenters. The van der Waals surface area contributed by atoms with E-state index in [9.17, 15) is 29.8 Å². The lowest BCUT2D eigenvalue weighted by atomic mass is 10.3. The van der Waals surface area contributed by atoms with Crippen molar-refractivity contribution >= 4 is 30.4 Å². The zero-order valence-electron chi connectivity index (χ0n) is 14.9. The molecule has 9 nitrogen and oxygen atoms in total. The summed E-state index contributed by atoms with van der Waals surface area (Å²) in [7, 11) is -13.7. The topological polar surface area (TPSA) is 141 Å². The van der Waals surface area contributed by atoms with Crippen molar-refractivity contribution in [2.24, 2.45) is 0 Å². The monoisotopic (exact) mass is 470 g/mol. The molecule has 3 aromatic rings. The molecule has 3 rings (SSSR count). The van der Waals surface area contributed by atoms with Gasteiger partial charge < -0.3 is 8.37 Å². The predicted octanol–water partition coefficient (Wildman–Crippen LogP) is 2.47. The van der Waals surface area contributed by atoms with Crippen molar-refractivity contribution in [2.45, 2.75) is 14.7 Å². The van der Waals surface area contributed by atoms with Gasteiger partial charge in [-0.2, -0.15) is 25.3 Å². The van der Waals surface area contributed by atoms with E-state index < -0.39 is 46.7 Å². The molecule has 12 heteroatoms. The molecule has 0 unspecified atom stereocenters. The van der Waals surface area contributed by atoms with Crippen LogP contribution in [0, 0.1) is 0 Å². The molecule has 0 fully saturated rings. The molecule has 3 aromatic carbocycles. The third-order valence-corrected chi connectivity index (χ3v) is 7.05. The van der Waals surface area contributed by atoms with E-state index in [0.29, 0.717) is 6.07 Å². The summed E-state index contributed by atoms with van der Waals surface area (Å²) in [6, 6.07) is 16.4. The number of rotatable bonds is 7. The van der Waals surface area contributed by atoms with E-state index in [1.165, 1.54) is 48.5 Å². The van der Waals surface area contributed by atoms with Crippen LogP contribution in [0.2, 0.25) is 0 Å². The first-order chi connectivity index (χ1) is 14.0. The third-order valence-electron chi connectivity index (χ3n) is 3.66. The van der Waals surface area contributed by atoms with Crippen molar-refractivity contribution < 1.29 is 38.2 Å². The Kier molecular flexibility index (Phi) is 5.85. The van der Waals surface area contributed by atoms with Gasteiger partial charge in [0.05, 0.1) is 0 Å². The number of hydrogen-bond acceptors (Lipinski definition) is 8. The molecule has 30 heavy (non-hydrogen) atoms. The molecule has 0 radical (unpaired) electrons. The average molecular weight is 471 g/mol. The predicted molar refractivity (Wildman–Crippen MR) is 105 cm³/mol. The van der Waals surface area contributed by atoms with Crippen LogP contribution in [0.3, 0.4) is 0 Å². The molecule has 0 aromatic heterocycles. The van der Waals surface area contributed by atoms with Gasteiger partial charge in [-0.3, -0.25) is 4.55 Å². The number of hydrogen-bond donors (Lipinski definition) is 1. The van der Waals surface area contributed by atoms with Crippen molar-refractivity contribution in [2.75, 3.05) is 0 Å². The Hall–Kier alpha value is -2.93. The van der Waals surface area contributed by atoms with Crippen LogP contribution in [0.4, 0.5) is 0 Å². The van der Waals surface area contributed by atoms with Crippen LogP contribution in [-0.4, -0.2) is 29.8 Å². The Morgan fingerprint density at radius 2 is 1.07 bits per heavy atom. The zero-order valence-corrected chi connectivity index (χ0v) is 17.4. The van der Waals surface area contributed by atoms with Gasteiger partial charge in [-0.05, 0) is 36.4 Å². The van der Waals surface area contributed by atoms with E-state index in [-0.39, 0.29) is 9.79 Å². The lowest BCUT2D eigenvalue weighted by Gasteiger charge is -2.12. The fourth-order valence-corrected chi connectivity index (χ4v) is 4.92. The van der Waals surface area contributed by atoms with E-state index in [2.05, 4.69) is 0 Å². The number of benzene rings is 3. The van der Waals surface area contributed by atoms with Crippen LogP contribution in [0.25, 0.3) is 0 Å². The van der Waals surface area contributed by atoms with E-state index in [1.54, 1.807) is 12.1 Å². The summed E-state index contributed by atoms with van der Waals surface area (Å²) in [5.74, 6) is -1.21. The summed E-state index contributed by atoms with van der Waals surface area (Å²) < 4.78 is 92.0. The van der Waals surface area contributed by atoms with Crippen LogP contribution in [0.1, 0.15) is 0 Å². The van der Waals surface area contributed by atoms with Gasteiger partial charge in [0.1, 0.15) is 20.4 Å². The summed E-state index contributed by atoms with van der Waals surface area (Å²) in [6.07, 6.45) is 0. The summed E-state index contributed by atoms with van der Waals surface area (Å²) >= 11 is 0. The molecule has 0 aliphatic heterocycles. The van der Waals surface area contributed by atoms with Gasteiger partial charge >= 0.3 is 20.2 Å². The minimum atomic E-state index is -5.00. The van der Waals surface area contributed by atoms with Crippen molar-refractivity contribution in [1.29, 1.82) is 0 Å². The van der Waals surface area contributed by atoms with Crippen molar-refractivity contribution in [3.8, 4) is 11.5 Å². The lowest BCUT2D eigenvalue weighted by molar-refractivity contribution is 0.457. The zero-order chi connectivity index (χ0) is 22.0. The quantitative estimate of drug-likeness (QED) is 0.407. The van der Waals surface area contributed by atoms with Crippen molar-refractivity contribution in [1.82, 2.24) is 0 Å². The Balaban J connectivity index is 2.00. The maximum absolute atomic E-state index is 12.4. The van der Waals surface area contributed by atoms with Crippen molar-refractivity contribution in [3.63, 3.8) is 0 Å². The standard InChI is InChI=1S/C18H14O9S3/c19-28(20,21)18-13-14(26-29(22,23)15-7-3-1-4-8-15)11-12-17(18)27-30(24,25)16-9-5-2-6-10-16/h1-13H,(H,19,20,21). The van der Waals surface area contributed by atoms with Gasteiger partial charge in [-0.1, -0.05) is 36.4 Å². The molecule has 158 valence electrons. The van der Waals surface area contributed by atoms with Crippen LogP contribution < -0.4 is 8.37 Å². The van der Waals surface area contributed by atoms with Gasteiger partial charge in [0, 0.05) is 6.07 Å². The van der Waals surface area contributed by atoms with E-state index in [0.717, 1.165) is 12.1 Å². The molecule has 0 amide bonds. The minimum Gasteiger partial charge on any atom is -0.379 e. The third kappa shape index (κ3) is 4.97. The van der Waals surface area contributed by atoms with Crippen LogP contribution in [-0.2, 0) is 30.4 Å². The second-order valence-electron chi connectivity index (χ2n) is 5.78. The summed E-state index contributed by atoms with van der Waals surface area (Å²) in [5, 5.41) is 0. The van der Waals surface area contributed by atoms with Gasteiger partial charge in [-0.15, -0.1) is 0 Å². The maximum Gasteiger partial charge on any atom is 0.339 e. The molecule has 0 spiro atoms. The smallest absolute Gasteiger partial charge is 0.339 e. The fraction of sp³-hybridized carbons (Fsp3) is 0. The Bertz CT molecular complexity index is 1370. The van der Waals surface area contributed by atoms with Gasteiger partial charge in [0.2, 0.25) is 0 Å². The van der Waals surface area contributed by atoms with E-state index in [1.807, 2.05) is 0 Å². The van der Waals surface area contributed by atoms with Crippen LogP contribution in [0.5, 0.6) is 11.5 Å². The van der Waals surface area contributed by atoms with Crippen molar-refractivity contribution in [3.05, 3.63) is 78.9 Å². The molecule has 0 bridgehead atoms. The molecule has 0 aliphatic rings. The largest absolute Gasteiger partial charge is 0.379 e. The van der Waals surface area contributed by atoms with E-state index >= 15 is 0 Å². The summed E-state index contributed by atoms with van der Waals surface area (Å²) in [5.41, 5.74) is 0. The molecule has 0 aliphatic carbocycles. The van der Waals surface area contributed by atoms with E-state index in [4.69, 9.17) is 8.37 Å². The highest BCUT2D eigenvalue weighted by Crippen LogP contribution is 2.32.